The van der Waals surface area contributed by atoms with Crippen molar-refractivity contribution in [2.45, 2.75) is 39.7 Å². The quantitative estimate of drug-likeness (QED) is 0.759. The van der Waals surface area contributed by atoms with Crippen molar-refractivity contribution < 1.29 is 9.84 Å². The van der Waals surface area contributed by atoms with Gasteiger partial charge in [-0.3, -0.25) is 0 Å². The summed E-state index contributed by atoms with van der Waals surface area (Å²) in [7, 11) is 0. The zero-order valence-corrected chi connectivity index (χ0v) is 12.2. The number of aliphatic hydroxyl groups is 1. The van der Waals surface area contributed by atoms with E-state index in [-0.39, 0.29) is 6.61 Å². The third kappa shape index (κ3) is 3.26. The number of rotatable bonds is 8. The number of nitrogen functional groups attached to an aromatic ring is 1. The fourth-order valence-corrected chi connectivity index (χ4v) is 2.89. The molecule has 0 saturated carbocycles. The van der Waals surface area contributed by atoms with Crippen LogP contribution in [0.25, 0.3) is 0 Å². The van der Waals surface area contributed by atoms with E-state index in [1.165, 1.54) is 11.5 Å². The van der Waals surface area contributed by atoms with Crippen molar-refractivity contribution in [2.75, 3.05) is 30.4 Å². The predicted octanol–water partition coefficient (Wildman–Crippen LogP) is 2.11. The summed E-state index contributed by atoms with van der Waals surface area (Å²) in [5.74, 6) is 1.09. The second kappa shape index (κ2) is 7.43. The standard InChI is InChI=1S/C12H23N3O2S/c1-4-9(5-2)15(7-8-16)12-10(17-6-3)11(13)14-18-12/h9,16H,4-8H2,1-3H3,(H2,13,14). The molecule has 0 spiro atoms. The molecule has 1 heterocycles. The van der Waals surface area contributed by atoms with Crippen LogP contribution in [0.4, 0.5) is 10.8 Å². The first-order valence-corrected chi connectivity index (χ1v) is 7.22. The van der Waals surface area contributed by atoms with Crippen LogP contribution < -0.4 is 15.4 Å². The summed E-state index contributed by atoms with van der Waals surface area (Å²) in [4.78, 5) is 2.15. The average Bonchev–Trinajstić information content (AvgIpc) is 2.72. The largest absolute Gasteiger partial charge is 0.487 e. The van der Waals surface area contributed by atoms with Gasteiger partial charge in [0.25, 0.3) is 0 Å². The van der Waals surface area contributed by atoms with Gasteiger partial charge in [-0.05, 0) is 31.3 Å². The van der Waals surface area contributed by atoms with E-state index in [0.717, 1.165) is 17.8 Å². The van der Waals surface area contributed by atoms with E-state index < -0.39 is 0 Å². The molecule has 0 fully saturated rings. The van der Waals surface area contributed by atoms with Gasteiger partial charge in [0.05, 0.1) is 13.2 Å². The summed E-state index contributed by atoms with van der Waals surface area (Å²) >= 11 is 1.34. The fraction of sp³-hybridized carbons (Fsp3) is 0.750. The lowest BCUT2D eigenvalue weighted by Crippen LogP contribution is -2.36. The Balaban J connectivity index is 3.04. The normalized spacial score (nSPS) is 10.9. The molecule has 0 amide bonds. The number of hydrogen-bond donors (Lipinski definition) is 2. The molecular formula is C12H23N3O2S. The Bertz CT molecular complexity index is 353. The Labute approximate surface area is 113 Å². The van der Waals surface area contributed by atoms with Crippen molar-refractivity contribution in [1.82, 2.24) is 4.37 Å². The van der Waals surface area contributed by atoms with E-state index >= 15 is 0 Å². The van der Waals surface area contributed by atoms with Gasteiger partial charge in [0.15, 0.2) is 16.6 Å². The highest BCUT2D eigenvalue weighted by atomic mass is 32.1. The molecule has 18 heavy (non-hydrogen) atoms. The van der Waals surface area contributed by atoms with E-state index in [1.54, 1.807) is 0 Å². The minimum absolute atomic E-state index is 0.111. The Morgan fingerprint density at radius 1 is 1.39 bits per heavy atom. The van der Waals surface area contributed by atoms with Crippen LogP contribution in [-0.4, -0.2) is 35.3 Å². The molecule has 6 heteroatoms. The zero-order chi connectivity index (χ0) is 13.5. The van der Waals surface area contributed by atoms with Gasteiger partial charge in [-0.15, -0.1) is 0 Å². The molecule has 1 rings (SSSR count). The van der Waals surface area contributed by atoms with Gasteiger partial charge in [-0.1, -0.05) is 13.8 Å². The summed E-state index contributed by atoms with van der Waals surface area (Å²) < 4.78 is 9.73. The molecule has 0 bridgehead atoms. The lowest BCUT2D eigenvalue weighted by atomic mass is 10.1. The van der Waals surface area contributed by atoms with Crippen molar-refractivity contribution in [3.63, 3.8) is 0 Å². The Morgan fingerprint density at radius 3 is 2.56 bits per heavy atom. The smallest absolute Gasteiger partial charge is 0.197 e. The molecule has 1 aromatic heterocycles. The van der Waals surface area contributed by atoms with Crippen molar-refractivity contribution in [3.8, 4) is 5.75 Å². The van der Waals surface area contributed by atoms with E-state index in [1.807, 2.05) is 6.92 Å². The summed E-state index contributed by atoms with van der Waals surface area (Å²) in [6.45, 7) is 7.46. The maximum atomic E-state index is 9.24. The first-order valence-electron chi connectivity index (χ1n) is 6.44. The second-order valence-electron chi connectivity index (χ2n) is 4.02. The molecule has 0 aliphatic rings. The van der Waals surface area contributed by atoms with Gasteiger partial charge in [0.2, 0.25) is 0 Å². The third-order valence-corrected chi connectivity index (χ3v) is 3.81. The monoisotopic (exact) mass is 273 g/mol. The number of aliphatic hydroxyl groups excluding tert-OH is 1. The molecule has 0 saturated heterocycles. The first kappa shape index (κ1) is 15.0. The van der Waals surface area contributed by atoms with Crippen LogP contribution in [0.3, 0.4) is 0 Å². The molecule has 0 aromatic carbocycles. The van der Waals surface area contributed by atoms with Crippen LogP contribution >= 0.6 is 11.5 Å². The van der Waals surface area contributed by atoms with Crippen LogP contribution in [0, 0.1) is 0 Å². The maximum Gasteiger partial charge on any atom is 0.197 e. The van der Waals surface area contributed by atoms with Gasteiger partial charge in [0, 0.05) is 12.6 Å². The van der Waals surface area contributed by atoms with Crippen molar-refractivity contribution in [3.05, 3.63) is 0 Å². The molecule has 0 radical (unpaired) electrons. The number of ether oxygens (including phenoxy) is 1. The van der Waals surface area contributed by atoms with Crippen molar-refractivity contribution in [1.29, 1.82) is 0 Å². The van der Waals surface area contributed by atoms with Gasteiger partial charge >= 0.3 is 0 Å². The zero-order valence-electron chi connectivity index (χ0n) is 11.3. The first-order chi connectivity index (χ1) is 8.69. The van der Waals surface area contributed by atoms with Crippen LogP contribution in [-0.2, 0) is 0 Å². The Morgan fingerprint density at radius 2 is 2.06 bits per heavy atom. The van der Waals surface area contributed by atoms with Gasteiger partial charge in [-0.2, -0.15) is 4.37 Å². The highest BCUT2D eigenvalue weighted by Crippen LogP contribution is 2.39. The van der Waals surface area contributed by atoms with E-state index in [9.17, 15) is 5.11 Å². The highest BCUT2D eigenvalue weighted by Gasteiger charge is 2.23. The fourth-order valence-electron chi connectivity index (χ4n) is 2.03. The summed E-state index contributed by atoms with van der Waals surface area (Å²) in [6, 6.07) is 0.371. The number of anilines is 2. The SMILES string of the molecule is CCOc1c(N)nsc1N(CCO)C(CC)CC. The number of nitrogens with zero attached hydrogens (tertiary/aromatic N) is 2. The molecule has 0 aliphatic carbocycles. The van der Waals surface area contributed by atoms with Crippen LogP contribution in [0.2, 0.25) is 0 Å². The van der Waals surface area contributed by atoms with E-state index in [0.29, 0.717) is 30.8 Å². The molecule has 5 nitrogen and oxygen atoms in total. The highest BCUT2D eigenvalue weighted by molar-refractivity contribution is 7.11. The number of hydrogen-bond acceptors (Lipinski definition) is 6. The summed E-state index contributed by atoms with van der Waals surface area (Å²) in [5, 5.41) is 10.2. The molecular weight excluding hydrogens is 250 g/mol. The lowest BCUT2D eigenvalue weighted by Gasteiger charge is -2.30. The summed E-state index contributed by atoms with van der Waals surface area (Å²) in [6.07, 6.45) is 2.03. The molecule has 1 aromatic rings. The van der Waals surface area contributed by atoms with Crippen LogP contribution in [0.1, 0.15) is 33.6 Å². The predicted molar refractivity (Wildman–Crippen MR) is 76.5 cm³/mol. The van der Waals surface area contributed by atoms with Crippen molar-refractivity contribution >= 4 is 22.4 Å². The van der Waals surface area contributed by atoms with Crippen molar-refractivity contribution in [2.24, 2.45) is 0 Å². The van der Waals surface area contributed by atoms with E-state index in [4.69, 9.17) is 10.5 Å². The maximum absolute atomic E-state index is 9.24. The Hall–Kier alpha value is -1.01. The molecule has 104 valence electrons. The number of nitrogens with two attached hydrogens (primary N) is 1. The topological polar surface area (TPSA) is 71.6 Å². The minimum Gasteiger partial charge on any atom is -0.487 e. The third-order valence-electron chi connectivity index (χ3n) is 2.93. The second-order valence-corrected chi connectivity index (χ2v) is 4.77. The lowest BCUT2D eigenvalue weighted by molar-refractivity contribution is 0.294. The van der Waals surface area contributed by atoms with Gasteiger partial charge in [-0.25, -0.2) is 0 Å². The molecule has 0 aliphatic heterocycles. The van der Waals surface area contributed by atoms with Gasteiger partial charge in [0.1, 0.15) is 0 Å². The summed E-state index contributed by atoms with van der Waals surface area (Å²) in [5.41, 5.74) is 5.83. The van der Waals surface area contributed by atoms with E-state index in [2.05, 4.69) is 23.1 Å². The van der Waals surface area contributed by atoms with Crippen LogP contribution in [0.5, 0.6) is 5.75 Å². The minimum atomic E-state index is 0.111. The molecule has 0 atom stereocenters. The average molecular weight is 273 g/mol. The van der Waals surface area contributed by atoms with Crippen LogP contribution in [0.15, 0.2) is 0 Å². The van der Waals surface area contributed by atoms with Gasteiger partial charge < -0.3 is 20.5 Å². The number of aromatic nitrogens is 1. The molecule has 0 unspecified atom stereocenters. The Kier molecular flexibility index (Phi) is 6.21. The molecule has 3 N–H and O–H groups in total.